The number of rotatable bonds is 4. The van der Waals surface area contributed by atoms with Crippen molar-refractivity contribution in [3.8, 4) is 0 Å². The van der Waals surface area contributed by atoms with Gasteiger partial charge in [-0.3, -0.25) is 4.79 Å². The molecule has 0 aromatic carbocycles. The van der Waals surface area contributed by atoms with Gasteiger partial charge in [-0.15, -0.1) is 23.2 Å². The van der Waals surface area contributed by atoms with Crippen molar-refractivity contribution in [3.05, 3.63) is 0 Å². The minimum atomic E-state index is -0.351. The van der Waals surface area contributed by atoms with E-state index in [1.807, 2.05) is 0 Å². The molecular weight excluding hydrogens is 194 g/mol. The number of carbonyl (C=O) groups is 1. The molecule has 0 saturated carbocycles. The minimum absolute atomic E-state index is 0.153. The van der Waals surface area contributed by atoms with Gasteiger partial charge in [-0.2, -0.15) is 0 Å². The van der Waals surface area contributed by atoms with Crippen molar-refractivity contribution >= 4 is 40.0 Å². The molecule has 0 saturated heterocycles. The Hall–Kier alpha value is 0.540. The van der Waals surface area contributed by atoms with Crippen LogP contribution in [0.4, 0.5) is 0 Å². The second-order valence-corrected chi connectivity index (χ2v) is 3.49. The van der Waals surface area contributed by atoms with E-state index in [-0.39, 0.29) is 16.5 Å². The summed E-state index contributed by atoms with van der Waals surface area (Å²) < 4.78 is 0. The topological polar surface area (TPSA) is 17.1 Å². The molecule has 0 rings (SSSR count). The van der Waals surface area contributed by atoms with Crippen LogP contribution in [0.5, 0.6) is 0 Å². The van der Waals surface area contributed by atoms with Gasteiger partial charge in [0.1, 0.15) is 0 Å². The normalized spacial score (nSPS) is 16.4. The minimum Gasteiger partial charge on any atom is -0.281 e. The molecule has 60 valence electrons. The molecule has 0 amide bonds. The monoisotopic (exact) mass is 202 g/mol. The zero-order valence-electron chi connectivity index (χ0n) is 5.61. The lowest BCUT2D eigenvalue weighted by Crippen LogP contribution is -2.12. The van der Waals surface area contributed by atoms with Gasteiger partial charge in [0, 0.05) is 17.2 Å². The molecule has 0 bridgehead atoms. The van der Waals surface area contributed by atoms with Crippen molar-refractivity contribution in [1.29, 1.82) is 0 Å². The molecular formula is C6H9Cl3O. The van der Waals surface area contributed by atoms with Crippen molar-refractivity contribution < 1.29 is 4.79 Å². The highest BCUT2D eigenvalue weighted by Gasteiger charge is 2.14. The van der Waals surface area contributed by atoms with Gasteiger partial charge in [-0.25, -0.2) is 0 Å². The van der Waals surface area contributed by atoms with Crippen LogP contribution in [0.15, 0.2) is 0 Å². The highest BCUT2D eigenvalue weighted by molar-refractivity contribution is 6.63. The second kappa shape index (κ2) is 5.22. The molecule has 0 fully saturated rings. The summed E-state index contributed by atoms with van der Waals surface area (Å²) in [5.41, 5.74) is 0. The molecule has 0 aromatic rings. The molecule has 1 nitrogen and oxygen atoms in total. The van der Waals surface area contributed by atoms with E-state index >= 15 is 0 Å². The standard InChI is InChI=1S/C6H9Cl3O/c1-4(6(9)10)2-5(8)3-7/h4-5H,2-3H2,1H3. The molecule has 0 heterocycles. The highest BCUT2D eigenvalue weighted by Crippen LogP contribution is 2.14. The fourth-order valence-electron chi connectivity index (χ4n) is 0.539. The van der Waals surface area contributed by atoms with Crippen LogP contribution in [0, 0.1) is 5.92 Å². The summed E-state index contributed by atoms with van der Waals surface area (Å²) in [6.07, 6.45) is 0.549. The maximum atomic E-state index is 10.5. The van der Waals surface area contributed by atoms with E-state index in [2.05, 4.69) is 0 Å². The Balaban J connectivity index is 3.56. The van der Waals surface area contributed by atoms with Crippen LogP contribution in [-0.4, -0.2) is 16.5 Å². The molecule has 2 atom stereocenters. The summed E-state index contributed by atoms with van der Waals surface area (Å²) >= 11 is 16.3. The average Bonchev–Trinajstić information content (AvgIpc) is 1.87. The second-order valence-electron chi connectivity index (χ2n) is 2.19. The van der Waals surface area contributed by atoms with E-state index in [1.54, 1.807) is 6.92 Å². The lowest BCUT2D eigenvalue weighted by Gasteiger charge is -2.08. The summed E-state index contributed by atoms with van der Waals surface area (Å²) in [5, 5.41) is -0.505. The number of hydrogen-bond donors (Lipinski definition) is 0. The first kappa shape index (κ1) is 10.5. The molecule has 0 aromatic heterocycles. The fourth-order valence-corrected chi connectivity index (χ4v) is 1.02. The molecule has 0 aliphatic heterocycles. The van der Waals surface area contributed by atoms with Crippen LogP contribution in [0.2, 0.25) is 0 Å². The van der Waals surface area contributed by atoms with Gasteiger partial charge in [0.05, 0.1) is 0 Å². The van der Waals surface area contributed by atoms with Crippen LogP contribution in [0.25, 0.3) is 0 Å². The van der Waals surface area contributed by atoms with Crippen LogP contribution < -0.4 is 0 Å². The van der Waals surface area contributed by atoms with Crippen molar-refractivity contribution in [2.24, 2.45) is 5.92 Å². The maximum Gasteiger partial charge on any atom is 0.224 e. The molecule has 0 radical (unpaired) electrons. The maximum absolute atomic E-state index is 10.5. The Morgan fingerprint density at radius 3 is 2.40 bits per heavy atom. The molecule has 4 heteroatoms. The van der Waals surface area contributed by atoms with Crippen molar-refractivity contribution in [1.82, 2.24) is 0 Å². The van der Waals surface area contributed by atoms with Gasteiger partial charge in [0.25, 0.3) is 0 Å². The Kier molecular flexibility index (Phi) is 5.51. The van der Waals surface area contributed by atoms with E-state index in [4.69, 9.17) is 34.8 Å². The van der Waals surface area contributed by atoms with E-state index in [9.17, 15) is 4.79 Å². The largest absolute Gasteiger partial charge is 0.281 e. The third kappa shape index (κ3) is 4.37. The van der Waals surface area contributed by atoms with Crippen LogP contribution >= 0.6 is 34.8 Å². The van der Waals surface area contributed by atoms with Crippen LogP contribution in [-0.2, 0) is 4.79 Å². The van der Waals surface area contributed by atoms with Gasteiger partial charge in [-0.05, 0) is 18.0 Å². The zero-order chi connectivity index (χ0) is 8.15. The Bertz CT molecular complexity index is 116. The fraction of sp³-hybridized carbons (Fsp3) is 0.833. The Morgan fingerprint density at radius 2 is 2.10 bits per heavy atom. The van der Waals surface area contributed by atoms with Gasteiger partial charge in [-0.1, -0.05) is 6.92 Å². The first-order chi connectivity index (χ1) is 4.57. The van der Waals surface area contributed by atoms with Crippen molar-refractivity contribution in [2.75, 3.05) is 5.88 Å². The van der Waals surface area contributed by atoms with Crippen LogP contribution in [0.1, 0.15) is 13.3 Å². The Morgan fingerprint density at radius 1 is 1.60 bits per heavy atom. The summed E-state index contributed by atoms with van der Waals surface area (Å²) in [5.74, 6) is 0.165. The first-order valence-electron chi connectivity index (χ1n) is 2.97. The number of hydrogen-bond acceptors (Lipinski definition) is 1. The highest BCUT2D eigenvalue weighted by atomic mass is 35.5. The number of alkyl halides is 2. The molecule has 0 aliphatic rings. The summed E-state index contributed by atoms with van der Waals surface area (Å²) in [4.78, 5) is 10.5. The zero-order valence-corrected chi connectivity index (χ0v) is 7.88. The molecule has 0 aliphatic carbocycles. The van der Waals surface area contributed by atoms with Crippen molar-refractivity contribution in [2.45, 2.75) is 18.7 Å². The lowest BCUT2D eigenvalue weighted by molar-refractivity contribution is -0.114. The third-order valence-corrected chi connectivity index (χ3v) is 2.40. The Labute approximate surface area is 75.6 Å². The average molecular weight is 203 g/mol. The summed E-state index contributed by atoms with van der Waals surface area (Å²) in [6.45, 7) is 1.73. The van der Waals surface area contributed by atoms with Crippen molar-refractivity contribution in [3.63, 3.8) is 0 Å². The molecule has 0 spiro atoms. The van der Waals surface area contributed by atoms with Gasteiger partial charge in [0.2, 0.25) is 5.24 Å². The predicted molar refractivity (Wildman–Crippen MR) is 45.0 cm³/mol. The third-order valence-electron chi connectivity index (χ3n) is 1.16. The lowest BCUT2D eigenvalue weighted by atomic mass is 10.1. The number of carbonyl (C=O) groups excluding carboxylic acids is 1. The van der Waals surface area contributed by atoms with Gasteiger partial charge >= 0.3 is 0 Å². The van der Waals surface area contributed by atoms with Crippen LogP contribution in [0.3, 0.4) is 0 Å². The quantitative estimate of drug-likeness (QED) is 0.507. The first-order valence-corrected chi connectivity index (χ1v) is 4.32. The van der Waals surface area contributed by atoms with E-state index in [0.717, 1.165) is 0 Å². The van der Waals surface area contributed by atoms with Gasteiger partial charge in [0.15, 0.2) is 0 Å². The smallest absolute Gasteiger partial charge is 0.224 e. The molecule has 10 heavy (non-hydrogen) atoms. The summed E-state index contributed by atoms with van der Waals surface area (Å²) in [7, 11) is 0. The van der Waals surface area contributed by atoms with E-state index in [0.29, 0.717) is 12.3 Å². The molecule has 0 N–H and O–H groups in total. The SMILES string of the molecule is CC(CC(Cl)CCl)C(=O)Cl. The van der Waals surface area contributed by atoms with Gasteiger partial charge < -0.3 is 0 Å². The molecule has 2 unspecified atom stereocenters. The van der Waals surface area contributed by atoms with E-state index in [1.165, 1.54) is 0 Å². The number of halogens is 3. The predicted octanol–water partition coefficient (Wildman–Crippen LogP) is 2.62. The summed E-state index contributed by atoms with van der Waals surface area (Å²) in [6, 6.07) is 0. The van der Waals surface area contributed by atoms with E-state index < -0.39 is 0 Å².